The molecule has 5 heteroatoms. The van der Waals surface area contributed by atoms with Crippen LogP contribution in [0.25, 0.3) is 16.9 Å². The van der Waals surface area contributed by atoms with Crippen LogP contribution in [0.15, 0.2) is 60.7 Å². The molecule has 0 aliphatic carbocycles. The average Bonchev–Trinajstić information content (AvgIpc) is 3.00. The second-order valence-corrected chi connectivity index (χ2v) is 4.95. The molecule has 0 bridgehead atoms. The quantitative estimate of drug-likeness (QED) is 0.442. The van der Waals surface area contributed by atoms with Crippen molar-refractivity contribution in [3.8, 4) is 16.9 Å². The van der Waals surface area contributed by atoms with Crippen molar-refractivity contribution in [1.82, 2.24) is 15.2 Å². The summed E-state index contributed by atoms with van der Waals surface area (Å²) in [5, 5.41) is 4.41. The van der Waals surface area contributed by atoms with E-state index in [0.717, 1.165) is 22.5 Å². The molecule has 3 rings (SSSR count). The van der Waals surface area contributed by atoms with Gasteiger partial charge in [0, 0.05) is 5.56 Å². The molecule has 0 aliphatic rings. The molecule has 1 heterocycles. The number of aryl methyl sites for hydroxylation is 1. The highest BCUT2D eigenvalue weighted by Crippen LogP contribution is 2.25. The lowest BCUT2D eigenvalue weighted by Gasteiger charge is -2.10. The van der Waals surface area contributed by atoms with Gasteiger partial charge in [0.25, 0.3) is 5.91 Å². The first-order chi connectivity index (χ1) is 10.7. The molecule has 0 spiro atoms. The maximum atomic E-state index is 11.8. The molecule has 110 valence electrons. The van der Waals surface area contributed by atoms with E-state index < -0.39 is 5.91 Å². The SMILES string of the molecule is Cc1ccccc1-n1nc(C(=O)NN)cc1-c1ccccc1. The Bertz CT molecular complexity index is 809. The topological polar surface area (TPSA) is 72.9 Å². The Morgan fingerprint density at radius 1 is 1.09 bits per heavy atom. The summed E-state index contributed by atoms with van der Waals surface area (Å²) in [5.41, 5.74) is 6.23. The predicted octanol–water partition coefficient (Wildman–Crippen LogP) is 2.45. The van der Waals surface area contributed by atoms with E-state index >= 15 is 0 Å². The molecule has 0 atom stereocenters. The van der Waals surface area contributed by atoms with Gasteiger partial charge in [-0.2, -0.15) is 5.10 Å². The summed E-state index contributed by atoms with van der Waals surface area (Å²) in [6.07, 6.45) is 0. The Balaban J connectivity index is 2.22. The van der Waals surface area contributed by atoms with Crippen LogP contribution in [0.3, 0.4) is 0 Å². The Labute approximate surface area is 128 Å². The number of benzene rings is 2. The molecule has 3 aromatic rings. The van der Waals surface area contributed by atoms with Crippen LogP contribution in [-0.4, -0.2) is 15.7 Å². The molecule has 0 saturated carbocycles. The zero-order valence-corrected chi connectivity index (χ0v) is 12.2. The average molecular weight is 292 g/mol. The molecule has 0 unspecified atom stereocenters. The largest absolute Gasteiger partial charge is 0.289 e. The minimum Gasteiger partial charge on any atom is -0.289 e. The first-order valence-corrected chi connectivity index (χ1v) is 6.93. The van der Waals surface area contributed by atoms with E-state index in [9.17, 15) is 4.79 Å². The summed E-state index contributed by atoms with van der Waals surface area (Å²) in [6, 6.07) is 19.5. The van der Waals surface area contributed by atoms with E-state index in [1.807, 2.05) is 61.5 Å². The van der Waals surface area contributed by atoms with Crippen molar-refractivity contribution in [3.05, 3.63) is 71.9 Å². The van der Waals surface area contributed by atoms with Crippen LogP contribution in [-0.2, 0) is 0 Å². The third-order valence-electron chi connectivity index (χ3n) is 3.49. The zero-order valence-electron chi connectivity index (χ0n) is 12.2. The van der Waals surface area contributed by atoms with E-state index in [1.165, 1.54) is 0 Å². The molecule has 1 aromatic heterocycles. The number of para-hydroxylation sites is 1. The fraction of sp³-hybridized carbons (Fsp3) is 0.0588. The van der Waals surface area contributed by atoms with Crippen LogP contribution in [0.5, 0.6) is 0 Å². The maximum Gasteiger partial charge on any atom is 0.285 e. The van der Waals surface area contributed by atoms with Crippen LogP contribution in [0.2, 0.25) is 0 Å². The van der Waals surface area contributed by atoms with Gasteiger partial charge < -0.3 is 0 Å². The Morgan fingerprint density at radius 2 is 1.77 bits per heavy atom. The predicted molar refractivity (Wildman–Crippen MR) is 85.4 cm³/mol. The number of nitrogens with zero attached hydrogens (tertiary/aromatic N) is 2. The number of aromatic nitrogens is 2. The molecule has 0 aliphatic heterocycles. The van der Waals surface area contributed by atoms with Gasteiger partial charge in [-0.25, -0.2) is 10.5 Å². The van der Waals surface area contributed by atoms with Crippen molar-refractivity contribution in [2.24, 2.45) is 5.84 Å². The number of nitrogen functional groups attached to an aromatic ring is 1. The van der Waals surface area contributed by atoms with Crippen LogP contribution in [0.1, 0.15) is 16.1 Å². The Kier molecular flexibility index (Phi) is 3.72. The van der Waals surface area contributed by atoms with Gasteiger partial charge in [0.2, 0.25) is 0 Å². The number of nitrogens with two attached hydrogens (primary N) is 1. The number of rotatable bonds is 3. The van der Waals surface area contributed by atoms with Gasteiger partial charge in [-0.1, -0.05) is 48.5 Å². The summed E-state index contributed by atoms with van der Waals surface area (Å²) in [7, 11) is 0. The van der Waals surface area contributed by atoms with E-state index in [2.05, 4.69) is 10.5 Å². The Morgan fingerprint density at radius 3 is 2.45 bits per heavy atom. The van der Waals surface area contributed by atoms with Gasteiger partial charge in [0.1, 0.15) is 0 Å². The lowest BCUT2D eigenvalue weighted by Crippen LogP contribution is -2.30. The minimum absolute atomic E-state index is 0.282. The smallest absolute Gasteiger partial charge is 0.285 e. The van der Waals surface area contributed by atoms with Crippen LogP contribution in [0, 0.1) is 6.92 Å². The third-order valence-corrected chi connectivity index (χ3v) is 3.49. The van der Waals surface area contributed by atoms with Crippen molar-refractivity contribution >= 4 is 5.91 Å². The molecule has 22 heavy (non-hydrogen) atoms. The van der Waals surface area contributed by atoms with Gasteiger partial charge in [-0.05, 0) is 24.6 Å². The summed E-state index contributed by atoms with van der Waals surface area (Å²) >= 11 is 0. The number of hydrogen-bond acceptors (Lipinski definition) is 3. The van der Waals surface area contributed by atoms with Crippen molar-refractivity contribution in [3.63, 3.8) is 0 Å². The molecule has 1 amide bonds. The van der Waals surface area contributed by atoms with E-state index in [4.69, 9.17) is 5.84 Å². The number of carbonyl (C=O) groups is 1. The highest BCUT2D eigenvalue weighted by atomic mass is 16.2. The van der Waals surface area contributed by atoms with E-state index in [1.54, 1.807) is 10.7 Å². The summed E-state index contributed by atoms with van der Waals surface area (Å²) < 4.78 is 1.77. The number of nitrogens with one attached hydrogen (secondary N) is 1. The molecule has 0 fully saturated rings. The van der Waals surface area contributed by atoms with Crippen molar-refractivity contribution in [2.75, 3.05) is 0 Å². The maximum absolute atomic E-state index is 11.8. The van der Waals surface area contributed by atoms with Crippen molar-refractivity contribution < 1.29 is 4.79 Å². The third kappa shape index (κ3) is 2.49. The highest BCUT2D eigenvalue weighted by molar-refractivity contribution is 5.93. The monoisotopic (exact) mass is 292 g/mol. The first-order valence-electron chi connectivity index (χ1n) is 6.93. The van der Waals surface area contributed by atoms with E-state index in [0.29, 0.717) is 0 Å². The number of carbonyl (C=O) groups excluding carboxylic acids is 1. The van der Waals surface area contributed by atoms with Crippen LogP contribution >= 0.6 is 0 Å². The van der Waals surface area contributed by atoms with Gasteiger partial charge in [0.15, 0.2) is 5.69 Å². The van der Waals surface area contributed by atoms with Crippen molar-refractivity contribution in [2.45, 2.75) is 6.92 Å². The van der Waals surface area contributed by atoms with Gasteiger partial charge >= 0.3 is 0 Å². The molecule has 3 N–H and O–H groups in total. The zero-order chi connectivity index (χ0) is 15.5. The van der Waals surface area contributed by atoms with Crippen LogP contribution < -0.4 is 11.3 Å². The minimum atomic E-state index is -0.412. The van der Waals surface area contributed by atoms with Gasteiger partial charge in [-0.15, -0.1) is 0 Å². The fourth-order valence-electron chi connectivity index (χ4n) is 2.37. The van der Waals surface area contributed by atoms with Crippen LogP contribution in [0.4, 0.5) is 0 Å². The van der Waals surface area contributed by atoms with Crippen molar-refractivity contribution in [1.29, 1.82) is 0 Å². The standard InChI is InChI=1S/C17H16N4O/c1-12-7-5-6-10-15(12)21-16(13-8-3-2-4-9-13)11-14(20-21)17(22)19-18/h2-11H,18H2,1H3,(H,19,22). The Hall–Kier alpha value is -2.92. The highest BCUT2D eigenvalue weighted by Gasteiger charge is 2.16. The molecular formula is C17H16N4O. The number of amides is 1. The normalized spacial score (nSPS) is 10.5. The lowest BCUT2D eigenvalue weighted by atomic mass is 10.1. The molecule has 2 aromatic carbocycles. The number of hydrazine groups is 1. The molecule has 5 nitrogen and oxygen atoms in total. The van der Waals surface area contributed by atoms with E-state index in [-0.39, 0.29) is 5.69 Å². The second-order valence-electron chi connectivity index (χ2n) is 4.95. The summed E-state index contributed by atoms with van der Waals surface area (Å²) in [6.45, 7) is 2.01. The van der Waals surface area contributed by atoms with Gasteiger partial charge in [-0.3, -0.25) is 10.2 Å². The summed E-state index contributed by atoms with van der Waals surface area (Å²) in [5.74, 6) is 4.81. The summed E-state index contributed by atoms with van der Waals surface area (Å²) in [4.78, 5) is 11.8. The molecular weight excluding hydrogens is 276 g/mol. The fourth-order valence-corrected chi connectivity index (χ4v) is 2.37. The molecule has 0 radical (unpaired) electrons. The number of hydrogen-bond donors (Lipinski definition) is 2. The second kappa shape index (κ2) is 5.83. The van der Waals surface area contributed by atoms with Gasteiger partial charge in [0.05, 0.1) is 11.4 Å². The molecule has 0 saturated heterocycles. The lowest BCUT2D eigenvalue weighted by molar-refractivity contribution is 0.0948. The first kappa shape index (κ1) is 14.0.